The highest BCUT2D eigenvalue weighted by molar-refractivity contribution is 6.37. The van der Waals surface area contributed by atoms with Crippen molar-refractivity contribution in [3.05, 3.63) is 95.1 Å². The highest BCUT2D eigenvalue weighted by Gasteiger charge is 2.31. The number of rotatable bonds is 9. The summed E-state index contributed by atoms with van der Waals surface area (Å²) in [5.74, 6) is -1.37. The molecule has 202 valence electrons. The fraction of sp³-hybridized carbons (Fsp3) is 0.258. The van der Waals surface area contributed by atoms with Gasteiger partial charge >= 0.3 is 5.97 Å². The number of nitrogens with zero attached hydrogens (tertiary/aromatic N) is 1. The molecule has 1 unspecified atom stereocenters. The predicted octanol–water partition coefficient (Wildman–Crippen LogP) is 4.61. The molecule has 4 rings (SSSR count). The summed E-state index contributed by atoms with van der Waals surface area (Å²) in [6.07, 6.45) is 0. The number of methoxy groups -OCH3 is 1. The summed E-state index contributed by atoms with van der Waals surface area (Å²) in [5, 5.41) is 9.14. The molecule has 8 heteroatoms. The van der Waals surface area contributed by atoms with Crippen LogP contribution < -0.4 is 16.0 Å². The average molecular weight is 527 g/mol. The van der Waals surface area contributed by atoms with E-state index >= 15 is 0 Å². The van der Waals surface area contributed by atoms with Crippen LogP contribution in [0, 0.1) is 5.92 Å². The quantitative estimate of drug-likeness (QED) is 0.278. The molecular formula is C31H34N4O4. The van der Waals surface area contributed by atoms with E-state index in [1.165, 1.54) is 12.7 Å². The zero-order valence-corrected chi connectivity index (χ0v) is 22.9. The number of nitrogens with one attached hydrogen (secondary N) is 3. The maximum absolute atomic E-state index is 13.3. The maximum Gasteiger partial charge on any atom is 0.328 e. The Bertz CT molecular complexity index is 1400. The van der Waals surface area contributed by atoms with Crippen molar-refractivity contribution in [2.75, 3.05) is 31.8 Å². The van der Waals surface area contributed by atoms with Crippen LogP contribution in [-0.4, -0.2) is 49.9 Å². The third-order valence-electron chi connectivity index (χ3n) is 6.47. The van der Waals surface area contributed by atoms with Gasteiger partial charge in [-0.1, -0.05) is 56.3 Å². The van der Waals surface area contributed by atoms with E-state index in [2.05, 4.69) is 20.9 Å². The van der Waals surface area contributed by atoms with E-state index in [1.807, 2.05) is 82.5 Å². The molecule has 3 aromatic rings. The van der Waals surface area contributed by atoms with Crippen LogP contribution in [0.1, 0.15) is 40.9 Å². The van der Waals surface area contributed by atoms with Gasteiger partial charge in [0.1, 0.15) is 6.04 Å². The van der Waals surface area contributed by atoms with Gasteiger partial charge in [-0.2, -0.15) is 0 Å². The third-order valence-corrected chi connectivity index (χ3v) is 6.47. The van der Waals surface area contributed by atoms with Crippen molar-refractivity contribution in [1.82, 2.24) is 10.2 Å². The summed E-state index contributed by atoms with van der Waals surface area (Å²) >= 11 is 0. The average Bonchev–Trinajstić information content (AvgIpc) is 3.25. The molecule has 0 fully saturated rings. The lowest BCUT2D eigenvalue weighted by molar-refractivity contribution is -0.144. The second-order valence-corrected chi connectivity index (χ2v) is 10.1. The van der Waals surface area contributed by atoms with Gasteiger partial charge in [0.05, 0.1) is 18.4 Å². The molecule has 8 nitrogen and oxygen atoms in total. The van der Waals surface area contributed by atoms with Crippen molar-refractivity contribution in [2.45, 2.75) is 26.4 Å². The van der Waals surface area contributed by atoms with Gasteiger partial charge < -0.3 is 25.6 Å². The maximum atomic E-state index is 13.3. The molecule has 1 atom stereocenters. The monoisotopic (exact) mass is 526 g/mol. The van der Waals surface area contributed by atoms with Crippen molar-refractivity contribution in [2.24, 2.45) is 5.92 Å². The molecule has 0 saturated heterocycles. The molecule has 0 spiro atoms. The number of fused-ring (bicyclic) bond motifs is 1. The smallest absolute Gasteiger partial charge is 0.328 e. The first-order valence-electron chi connectivity index (χ1n) is 12.8. The summed E-state index contributed by atoms with van der Waals surface area (Å²) in [7, 11) is 5.34. The van der Waals surface area contributed by atoms with Crippen molar-refractivity contribution in [3.63, 3.8) is 0 Å². The first kappa shape index (κ1) is 27.6. The fourth-order valence-electron chi connectivity index (χ4n) is 4.49. The highest BCUT2D eigenvalue weighted by atomic mass is 16.5. The van der Waals surface area contributed by atoms with Crippen LogP contribution in [0.2, 0.25) is 0 Å². The number of carbonyl (C=O) groups excluding carboxylic acids is 3. The van der Waals surface area contributed by atoms with Crippen LogP contribution in [0.4, 0.5) is 11.4 Å². The van der Waals surface area contributed by atoms with E-state index in [4.69, 9.17) is 4.74 Å². The molecule has 0 saturated carbocycles. The molecular weight excluding hydrogens is 492 g/mol. The molecule has 0 aromatic heterocycles. The van der Waals surface area contributed by atoms with Crippen molar-refractivity contribution in [1.29, 1.82) is 0 Å². The summed E-state index contributed by atoms with van der Waals surface area (Å²) in [6, 6.07) is 21.9. The topological polar surface area (TPSA) is 99.8 Å². The first-order chi connectivity index (χ1) is 18.7. The Balaban J connectivity index is 1.74. The third kappa shape index (κ3) is 6.35. The number of anilines is 2. The summed E-state index contributed by atoms with van der Waals surface area (Å²) in [4.78, 5) is 40.7. The number of hydrogen-bond donors (Lipinski definition) is 3. The van der Waals surface area contributed by atoms with Crippen LogP contribution in [0.25, 0.3) is 11.3 Å². The van der Waals surface area contributed by atoms with Gasteiger partial charge in [-0.05, 0) is 61.5 Å². The molecule has 0 bridgehead atoms. The van der Waals surface area contributed by atoms with Gasteiger partial charge in [-0.25, -0.2) is 4.79 Å². The largest absolute Gasteiger partial charge is 0.467 e. The lowest BCUT2D eigenvalue weighted by Crippen LogP contribution is -2.45. The van der Waals surface area contributed by atoms with Crippen LogP contribution in [0.3, 0.4) is 0 Å². The number of hydrogen-bond acceptors (Lipinski definition) is 6. The highest BCUT2D eigenvalue weighted by Crippen LogP contribution is 2.38. The first-order valence-corrected chi connectivity index (χ1v) is 12.8. The lowest BCUT2D eigenvalue weighted by Gasteiger charge is -2.20. The Labute approximate surface area is 229 Å². The molecule has 2 amide bonds. The number of esters is 1. The zero-order chi connectivity index (χ0) is 28.1. The number of amides is 2. The van der Waals surface area contributed by atoms with Gasteiger partial charge in [0, 0.05) is 29.0 Å². The molecule has 39 heavy (non-hydrogen) atoms. The van der Waals surface area contributed by atoms with Crippen molar-refractivity contribution in [3.8, 4) is 0 Å². The minimum absolute atomic E-state index is 0.160. The van der Waals surface area contributed by atoms with E-state index in [1.54, 1.807) is 18.2 Å². The predicted molar refractivity (Wildman–Crippen MR) is 154 cm³/mol. The van der Waals surface area contributed by atoms with E-state index in [0.29, 0.717) is 28.1 Å². The second kappa shape index (κ2) is 12.0. The molecule has 1 aliphatic heterocycles. The van der Waals surface area contributed by atoms with Gasteiger partial charge in [0.25, 0.3) is 11.8 Å². The SMILES string of the molecule is COC(=O)C(NC(=O)c1ccc2c(c1)C(=C(Nc1ccc(CN(C)C)cc1)c1ccccc1)C(=O)N2)C(C)C. The molecule has 1 heterocycles. The normalized spacial score (nSPS) is 14.5. The van der Waals surface area contributed by atoms with E-state index in [0.717, 1.165) is 17.8 Å². The molecule has 0 aliphatic carbocycles. The number of ether oxygens (including phenoxy) is 1. The number of benzene rings is 3. The molecule has 3 N–H and O–H groups in total. The number of carbonyl (C=O) groups is 3. The molecule has 3 aromatic carbocycles. The van der Waals surface area contributed by atoms with Gasteiger partial charge in [-0.3, -0.25) is 9.59 Å². The lowest BCUT2D eigenvalue weighted by atomic mass is 9.97. The van der Waals surface area contributed by atoms with Crippen LogP contribution in [0.15, 0.2) is 72.8 Å². The Morgan fingerprint density at radius 1 is 0.949 bits per heavy atom. The second-order valence-electron chi connectivity index (χ2n) is 10.1. The van der Waals surface area contributed by atoms with Crippen molar-refractivity contribution >= 4 is 40.4 Å². The minimum Gasteiger partial charge on any atom is -0.467 e. The minimum atomic E-state index is -0.789. The Hall–Kier alpha value is -4.43. The Kier molecular flexibility index (Phi) is 8.46. The van der Waals surface area contributed by atoms with Gasteiger partial charge in [0.2, 0.25) is 0 Å². The fourth-order valence-corrected chi connectivity index (χ4v) is 4.49. The molecule has 0 radical (unpaired) electrons. The summed E-state index contributed by atoms with van der Waals surface area (Å²) < 4.78 is 4.85. The molecule has 1 aliphatic rings. The van der Waals surface area contributed by atoms with Crippen LogP contribution in [0.5, 0.6) is 0 Å². The summed E-state index contributed by atoms with van der Waals surface area (Å²) in [5.41, 5.74) is 5.42. The van der Waals surface area contributed by atoms with Crippen molar-refractivity contribution < 1.29 is 19.1 Å². The summed E-state index contributed by atoms with van der Waals surface area (Å²) in [6.45, 7) is 4.48. The standard InChI is InChI=1S/C31H34N4O4/c1-19(2)27(31(38)39-5)34-29(36)22-13-16-25-24(17-22)26(30(37)33-25)28(21-9-7-6-8-10-21)32-23-14-11-20(12-15-23)18-35(3)4/h6-17,19,27,32H,18H2,1-5H3,(H,33,37)(H,34,36). The van der Waals surface area contributed by atoms with E-state index < -0.39 is 17.9 Å². The van der Waals surface area contributed by atoms with E-state index in [-0.39, 0.29) is 11.8 Å². The Morgan fingerprint density at radius 2 is 1.64 bits per heavy atom. The Morgan fingerprint density at radius 3 is 2.26 bits per heavy atom. The van der Waals surface area contributed by atoms with Gasteiger partial charge in [-0.15, -0.1) is 0 Å². The zero-order valence-electron chi connectivity index (χ0n) is 22.9. The van der Waals surface area contributed by atoms with E-state index in [9.17, 15) is 14.4 Å². The van der Waals surface area contributed by atoms with Crippen LogP contribution in [-0.2, 0) is 20.9 Å². The van der Waals surface area contributed by atoms with Crippen LogP contribution >= 0.6 is 0 Å². The van der Waals surface area contributed by atoms with Gasteiger partial charge in [0.15, 0.2) is 0 Å².